The quantitative estimate of drug-likeness (QED) is 0.386. The number of rotatable bonds is 6. The highest BCUT2D eigenvalue weighted by molar-refractivity contribution is 14.0. The third-order valence-corrected chi connectivity index (χ3v) is 3.09. The van der Waals surface area contributed by atoms with E-state index < -0.39 is 6.61 Å². The highest BCUT2D eigenvalue weighted by atomic mass is 127. The predicted octanol–water partition coefficient (Wildman–Crippen LogP) is 2.77. The first-order chi connectivity index (χ1) is 11.5. The zero-order valence-electron chi connectivity index (χ0n) is 14.0. The lowest BCUT2D eigenvalue weighted by Gasteiger charge is -2.14. The molecule has 0 aliphatic rings. The monoisotopic (exact) mass is 467 g/mol. The molecule has 0 radical (unpaired) electrons. The van der Waals surface area contributed by atoms with E-state index in [9.17, 15) is 8.78 Å². The third kappa shape index (κ3) is 6.80. The maximum Gasteiger partial charge on any atom is 0.387 e. The predicted molar refractivity (Wildman–Crippen MR) is 99.3 cm³/mol. The topological polar surface area (TPSA) is 84.6 Å². The Morgan fingerprint density at radius 3 is 2.60 bits per heavy atom. The number of nitrogens with zero attached hydrogens (tertiary/aromatic N) is 3. The fraction of sp³-hybridized carbons (Fsp3) is 0.400. The van der Waals surface area contributed by atoms with Crippen LogP contribution in [0.15, 0.2) is 27.7 Å². The second-order valence-electron chi connectivity index (χ2n) is 5.00. The summed E-state index contributed by atoms with van der Waals surface area (Å²) in [5.74, 6) is 1.57. The number of benzene rings is 1. The van der Waals surface area contributed by atoms with Crippen LogP contribution in [0.4, 0.5) is 8.78 Å². The van der Waals surface area contributed by atoms with Gasteiger partial charge in [-0.3, -0.25) is 4.99 Å². The van der Waals surface area contributed by atoms with E-state index in [1.165, 1.54) is 6.07 Å². The lowest BCUT2D eigenvalue weighted by Crippen LogP contribution is -2.36. The van der Waals surface area contributed by atoms with Gasteiger partial charge in [-0.05, 0) is 13.0 Å². The van der Waals surface area contributed by atoms with E-state index >= 15 is 0 Å². The molecule has 0 saturated heterocycles. The Kier molecular flexibility index (Phi) is 8.52. The van der Waals surface area contributed by atoms with Crippen LogP contribution in [-0.4, -0.2) is 29.8 Å². The first-order valence-electron chi connectivity index (χ1n) is 7.26. The van der Waals surface area contributed by atoms with Crippen LogP contribution in [0.2, 0.25) is 0 Å². The van der Waals surface area contributed by atoms with E-state index in [0.717, 1.165) is 5.56 Å². The van der Waals surface area contributed by atoms with E-state index in [4.69, 9.17) is 4.52 Å². The van der Waals surface area contributed by atoms with Crippen LogP contribution in [0.3, 0.4) is 0 Å². The number of aromatic nitrogens is 2. The summed E-state index contributed by atoms with van der Waals surface area (Å²) in [4.78, 5) is 8.12. The van der Waals surface area contributed by atoms with E-state index in [-0.39, 0.29) is 36.3 Å². The summed E-state index contributed by atoms with van der Waals surface area (Å²) in [6.45, 7) is 1.30. The Hall–Kier alpha value is -1.98. The third-order valence-electron chi connectivity index (χ3n) is 3.09. The molecule has 7 nitrogen and oxygen atoms in total. The van der Waals surface area contributed by atoms with E-state index in [1.54, 1.807) is 26.1 Å². The zero-order chi connectivity index (χ0) is 17.5. The molecule has 0 fully saturated rings. The lowest BCUT2D eigenvalue weighted by atomic mass is 10.1. The second-order valence-corrected chi connectivity index (χ2v) is 5.00. The summed E-state index contributed by atoms with van der Waals surface area (Å²) < 4.78 is 34.4. The van der Waals surface area contributed by atoms with Crippen molar-refractivity contribution in [3.05, 3.63) is 41.0 Å². The van der Waals surface area contributed by atoms with Gasteiger partial charge in [-0.2, -0.15) is 13.8 Å². The molecule has 0 aliphatic heterocycles. The van der Waals surface area contributed by atoms with Crippen molar-refractivity contribution in [1.82, 2.24) is 20.8 Å². The largest absolute Gasteiger partial charge is 0.434 e. The van der Waals surface area contributed by atoms with Gasteiger partial charge in [0.05, 0.1) is 6.54 Å². The lowest BCUT2D eigenvalue weighted by molar-refractivity contribution is -0.0504. The zero-order valence-corrected chi connectivity index (χ0v) is 16.4. The molecule has 0 amide bonds. The van der Waals surface area contributed by atoms with Crippen molar-refractivity contribution in [1.29, 1.82) is 0 Å². The average molecular weight is 467 g/mol. The molecule has 138 valence electrons. The Morgan fingerprint density at radius 2 is 2.00 bits per heavy atom. The SMILES string of the molecule is CN=C(NCc1noc(C)n1)NCc1cc(C)ccc1OC(F)F.I. The minimum Gasteiger partial charge on any atom is -0.434 e. The molecule has 2 rings (SSSR count). The van der Waals surface area contributed by atoms with Gasteiger partial charge in [0.25, 0.3) is 0 Å². The molecule has 0 spiro atoms. The van der Waals surface area contributed by atoms with Gasteiger partial charge in [0.2, 0.25) is 5.89 Å². The number of guanidine groups is 1. The number of aliphatic imine (C=N–C) groups is 1. The molecule has 1 aromatic carbocycles. The maximum absolute atomic E-state index is 12.5. The summed E-state index contributed by atoms with van der Waals surface area (Å²) in [6.07, 6.45) is 0. The molecule has 0 atom stereocenters. The first-order valence-corrected chi connectivity index (χ1v) is 7.26. The van der Waals surface area contributed by atoms with Crippen LogP contribution < -0.4 is 15.4 Å². The van der Waals surface area contributed by atoms with E-state index in [0.29, 0.717) is 29.8 Å². The molecule has 1 heterocycles. The smallest absolute Gasteiger partial charge is 0.387 e. The van der Waals surface area contributed by atoms with Crippen molar-refractivity contribution in [2.75, 3.05) is 7.05 Å². The van der Waals surface area contributed by atoms with Gasteiger partial charge in [0.1, 0.15) is 5.75 Å². The standard InChI is InChI=1S/C15H19F2N5O2.HI/c1-9-4-5-12(23-14(16)17)11(6-9)7-19-15(18-3)20-8-13-21-10(2)24-22-13;/h4-6,14H,7-8H2,1-3H3,(H2,18,19,20);1H. The van der Waals surface area contributed by atoms with Crippen LogP contribution in [0.1, 0.15) is 22.8 Å². The molecule has 0 bridgehead atoms. The summed E-state index contributed by atoms with van der Waals surface area (Å²) in [6, 6.07) is 5.02. The molecule has 0 aliphatic carbocycles. The molecule has 2 aromatic rings. The van der Waals surface area contributed by atoms with Crippen molar-refractivity contribution in [2.24, 2.45) is 4.99 Å². The number of hydrogen-bond acceptors (Lipinski definition) is 5. The Balaban J connectivity index is 0.00000312. The van der Waals surface area contributed by atoms with Gasteiger partial charge in [-0.15, -0.1) is 24.0 Å². The molecule has 10 heteroatoms. The van der Waals surface area contributed by atoms with Crippen molar-refractivity contribution in [2.45, 2.75) is 33.5 Å². The van der Waals surface area contributed by atoms with Gasteiger partial charge in [-0.25, -0.2) is 0 Å². The number of halogens is 3. The fourth-order valence-electron chi connectivity index (χ4n) is 2.03. The van der Waals surface area contributed by atoms with Gasteiger partial charge in [0, 0.05) is 26.1 Å². The van der Waals surface area contributed by atoms with Gasteiger partial charge >= 0.3 is 6.61 Å². The Bertz CT molecular complexity index is 709. The number of aryl methyl sites for hydroxylation is 2. The summed E-state index contributed by atoms with van der Waals surface area (Å²) in [5, 5.41) is 9.80. The Labute approximate surface area is 161 Å². The maximum atomic E-state index is 12.5. The van der Waals surface area contributed by atoms with E-state index in [2.05, 4.69) is 30.5 Å². The van der Waals surface area contributed by atoms with Gasteiger partial charge in [0.15, 0.2) is 11.8 Å². The molecule has 0 unspecified atom stereocenters. The first kappa shape index (κ1) is 21.1. The van der Waals surface area contributed by atoms with Crippen LogP contribution in [-0.2, 0) is 13.1 Å². The van der Waals surface area contributed by atoms with Crippen molar-refractivity contribution in [3.63, 3.8) is 0 Å². The summed E-state index contributed by atoms with van der Waals surface area (Å²) >= 11 is 0. The number of nitrogens with one attached hydrogen (secondary N) is 2. The van der Waals surface area contributed by atoms with Crippen LogP contribution in [0.25, 0.3) is 0 Å². The van der Waals surface area contributed by atoms with Crippen molar-refractivity contribution in [3.8, 4) is 5.75 Å². The fourth-order valence-corrected chi connectivity index (χ4v) is 2.03. The van der Waals surface area contributed by atoms with Crippen LogP contribution >= 0.6 is 24.0 Å². The van der Waals surface area contributed by atoms with Crippen molar-refractivity contribution >= 4 is 29.9 Å². The normalized spacial score (nSPS) is 11.2. The minimum atomic E-state index is -2.87. The second kappa shape index (κ2) is 10.1. The number of ether oxygens (including phenoxy) is 1. The Morgan fingerprint density at radius 1 is 1.28 bits per heavy atom. The van der Waals surface area contributed by atoms with Crippen molar-refractivity contribution < 1.29 is 18.0 Å². The highest BCUT2D eigenvalue weighted by Gasteiger charge is 2.11. The molecule has 1 aromatic heterocycles. The molecular formula is C15H20F2IN5O2. The van der Waals surface area contributed by atoms with Crippen LogP contribution in [0, 0.1) is 13.8 Å². The molecule has 25 heavy (non-hydrogen) atoms. The van der Waals surface area contributed by atoms with Gasteiger partial charge in [-0.1, -0.05) is 22.9 Å². The number of alkyl halides is 2. The molecule has 2 N–H and O–H groups in total. The number of hydrogen-bond donors (Lipinski definition) is 2. The van der Waals surface area contributed by atoms with E-state index in [1.807, 2.05) is 6.92 Å². The minimum absolute atomic E-state index is 0. The summed E-state index contributed by atoms with van der Waals surface area (Å²) in [5.41, 5.74) is 1.55. The molecular weight excluding hydrogens is 447 g/mol. The molecule has 0 saturated carbocycles. The average Bonchev–Trinajstić information content (AvgIpc) is 2.95. The van der Waals surface area contributed by atoms with Gasteiger partial charge < -0.3 is 19.9 Å². The highest BCUT2D eigenvalue weighted by Crippen LogP contribution is 2.21. The van der Waals surface area contributed by atoms with Crippen LogP contribution in [0.5, 0.6) is 5.75 Å². The summed E-state index contributed by atoms with van der Waals surface area (Å²) in [7, 11) is 1.60.